The van der Waals surface area contributed by atoms with Crippen LogP contribution in [0.15, 0.2) is 23.2 Å². The van der Waals surface area contributed by atoms with Crippen molar-refractivity contribution in [1.29, 1.82) is 0 Å². The molecule has 1 saturated heterocycles. The van der Waals surface area contributed by atoms with Crippen molar-refractivity contribution in [3.63, 3.8) is 0 Å². The normalized spacial score (nSPS) is 16.9. The van der Waals surface area contributed by atoms with Crippen LogP contribution in [-0.2, 0) is 10.2 Å². The van der Waals surface area contributed by atoms with Crippen LogP contribution in [0.1, 0.15) is 25.8 Å². The fraction of sp³-hybridized carbons (Fsp3) is 0.611. The molecule has 0 aliphatic carbocycles. The quantitative estimate of drug-likeness (QED) is 0.429. The third-order valence-electron chi connectivity index (χ3n) is 4.35. The third-order valence-corrected chi connectivity index (χ3v) is 4.98. The standard InChI is InChI=1S/C18H28Cl2N4O/c1-18(2,16-14(19)5-3-6-15(16)20)13-23-17(21)22-7-4-8-24-9-11-25-12-10-24/h3,5-6H,4,7-13H2,1-2H3,(H3,21,22,23). The first-order valence-corrected chi connectivity index (χ1v) is 9.44. The van der Waals surface area contributed by atoms with Crippen LogP contribution < -0.4 is 11.1 Å². The molecular weight excluding hydrogens is 359 g/mol. The highest BCUT2D eigenvalue weighted by atomic mass is 35.5. The summed E-state index contributed by atoms with van der Waals surface area (Å²) in [5.41, 5.74) is 6.60. The number of nitrogens with two attached hydrogens (primary N) is 1. The molecule has 0 unspecified atom stereocenters. The van der Waals surface area contributed by atoms with Gasteiger partial charge >= 0.3 is 0 Å². The highest BCUT2D eigenvalue weighted by Crippen LogP contribution is 2.35. The number of morpholine rings is 1. The molecule has 1 aromatic rings. The molecule has 1 fully saturated rings. The Labute approximate surface area is 160 Å². The van der Waals surface area contributed by atoms with E-state index in [1.165, 1.54) is 0 Å². The van der Waals surface area contributed by atoms with Gasteiger partial charge in [0, 0.05) is 35.1 Å². The van der Waals surface area contributed by atoms with Crippen LogP contribution in [0, 0.1) is 0 Å². The second-order valence-electron chi connectivity index (χ2n) is 6.92. The van der Waals surface area contributed by atoms with Gasteiger partial charge < -0.3 is 15.8 Å². The average molecular weight is 387 g/mol. The average Bonchev–Trinajstić information content (AvgIpc) is 2.57. The fourth-order valence-electron chi connectivity index (χ4n) is 2.91. The van der Waals surface area contributed by atoms with Gasteiger partial charge in [0.15, 0.2) is 5.96 Å². The monoisotopic (exact) mass is 386 g/mol. The van der Waals surface area contributed by atoms with Crippen molar-refractivity contribution in [2.75, 3.05) is 45.9 Å². The van der Waals surface area contributed by atoms with E-state index in [4.69, 9.17) is 33.7 Å². The minimum absolute atomic E-state index is 0.296. The summed E-state index contributed by atoms with van der Waals surface area (Å²) in [7, 11) is 0. The lowest BCUT2D eigenvalue weighted by Crippen LogP contribution is -2.39. The molecule has 0 radical (unpaired) electrons. The van der Waals surface area contributed by atoms with Crippen LogP contribution in [0.2, 0.25) is 10.0 Å². The maximum absolute atomic E-state index is 6.31. The van der Waals surface area contributed by atoms with Gasteiger partial charge in [-0.15, -0.1) is 0 Å². The Bertz CT molecular complexity index is 566. The summed E-state index contributed by atoms with van der Waals surface area (Å²) in [5, 5.41) is 4.49. The molecule has 0 saturated carbocycles. The van der Waals surface area contributed by atoms with Gasteiger partial charge in [-0.3, -0.25) is 9.89 Å². The number of guanidine groups is 1. The zero-order chi connectivity index (χ0) is 18.3. The van der Waals surface area contributed by atoms with Crippen LogP contribution in [0.4, 0.5) is 0 Å². The Kier molecular flexibility index (Phi) is 7.81. The van der Waals surface area contributed by atoms with Crippen molar-refractivity contribution in [3.8, 4) is 0 Å². The summed E-state index contributed by atoms with van der Waals surface area (Å²) in [4.78, 5) is 6.87. The zero-order valence-electron chi connectivity index (χ0n) is 15.0. The third kappa shape index (κ3) is 6.33. The van der Waals surface area contributed by atoms with Gasteiger partial charge in [-0.1, -0.05) is 43.1 Å². The number of benzene rings is 1. The number of ether oxygens (including phenoxy) is 1. The molecule has 0 aromatic heterocycles. The van der Waals surface area contributed by atoms with Gasteiger partial charge in [0.1, 0.15) is 0 Å². The second-order valence-corrected chi connectivity index (χ2v) is 7.73. The zero-order valence-corrected chi connectivity index (χ0v) is 16.5. The maximum atomic E-state index is 6.31. The van der Waals surface area contributed by atoms with Crippen molar-refractivity contribution >= 4 is 29.2 Å². The Hall–Kier alpha value is -1.01. The van der Waals surface area contributed by atoms with Crippen LogP contribution in [0.25, 0.3) is 0 Å². The lowest BCUT2D eigenvalue weighted by Gasteiger charge is -2.26. The highest BCUT2D eigenvalue weighted by Gasteiger charge is 2.25. The first-order valence-electron chi connectivity index (χ1n) is 8.68. The van der Waals surface area contributed by atoms with Gasteiger partial charge in [-0.2, -0.15) is 0 Å². The molecule has 1 aliphatic heterocycles. The first kappa shape index (κ1) is 20.3. The van der Waals surface area contributed by atoms with E-state index in [1.54, 1.807) is 0 Å². The van der Waals surface area contributed by atoms with Gasteiger partial charge in [0.25, 0.3) is 0 Å². The topological polar surface area (TPSA) is 62.9 Å². The smallest absolute Gasteiger partial charge is 0.188 e. The van der Waals surface area contributed by atoms with Crippen LogP contribution in [0.3, 0.4) is 0 Å². The van der Waals surface area contributed by atoms with E-state index in [1.807, 2.05) is 18.2 Å². The summed E-state index contributed by atoms with van der Waals surface area (Å²) in [6.45, 7) is 10.2. The van der Waals surface area contributed by atoms with Crippen LogP contribution in [-0.4, -0.2) is 56.8 Å². The summed E-state index contributed by atoms with van der Waals surface area (Å²) in [6.07, 6.45) is 1.02. The van der Waals surface area contributed by atoms with E-state index >= 15 is 0 Å². The lowest BCUT2D eigenvalue weighted by molar-refractivity contribution is 0.0376. The highest BCUT2D eigenvalue weighted by molar-refractivity contribution is 6.36. The number of nitrogens with one attached hydrogen (secondary N) is 1. The number of hydrogen-bond donors (Lipinski definition) is 2. The van der Waals surface area contributed by atoms with Crippen molar-refractivity contribution in [2.24, 2.45) is 10.7 Å². The molecule has 3 N–H and O–H groups in total. The van der Waals surface area contributed by atoms with Crippen LogP contribution >= 0.6 is 23.2 Å². The Balaban J connectivity index is 1.79. The minimum Gasteiger partial charge on any atom is -0.379 e. The number of aliphatic imine (C=N–C) groups is 1. The van der Waals surface area contributed by atoms with E-state index in [0.717, 1.165) is 51.4 Å². The molecule has 140 valence electrons. The molecule has 0 bridgehead atoms. The van der Waals surface area contributed by atoms with Gasteiger partial charge in [0.2, 0.25) is 0 Å². The second kappa shape index (κ2) is 9.62. The summed E-state index contributed by atoms with van der Waals surface area (Å²) in [5.74, 6) is 0.457. The van der Waals surface area contributed by atoms with E-state index in [9.17, 15) is 0 Å². The fourth-order valence-corrected chi connectivity index (χ4v) is 3.82. The molecular formula is C18H28Cl2N4O. The molecule has 7 heteroatoms. The summed E-state index contributed by atoms with van der Waals surface area (Å²) >= 11 is 12.6. The molecule has 0 amide bonds. The number of hydrogen-bond acceptors (Lipinski definition) is 3. The summed E-state index contributed by atoms with van der Waals surface area (Å²) in [6, 6.07) is 5.54. The predicted molar refractivity (Wildman–Crippen MR) is 106 cm³/mol. The van der Waals surface area contributed by atoms with Crippen molar-refractivity contribution in [3.05, 3.63) is 33.8 Å². The number of halogens is 2. The Morgan fingerprint density at radius 2 is 1.92 bits per heavy atom. The molecule has 1 aromatic carbocycles. The number of nitrogens with zero attached hydrogens (tertiary/aromatic N) is 2. The first-order chi connectivity index (χ1) is 11.9. The van der Waals surface area contributed by atoms with Gasteiger partial charge in [0.05, 0.1) is 19.8 Å². The Morgan fingerprint density at radius 3 is 2.56 bits per heavy atom. The van der Waals surface area contributed by atoms with Crippen LogP contribution in [0.5, 0.6) is 0 Å². The minimum atomic E-state index is -0.296. The molecule has 5 nitrogen and oxygen atoms in total. The number of rotatable bonds is 7. The van der Waals surface area contributed by atoms with Crippen molar-refractivity contribution in [1.82, 2.24) is 10.2 Å². The van der Waals surface area contributed by atoms with E-state index < -0.39 is 0 Å². The molecule has 0 spiro atoms. The largest absolute Gasteiger partial charge is 0.379 e. The molecule has 2 rings (SSSR count). The van der Waals surface area contributed by atoms with Crippen molar-refractivity contribution in [2.45, 2.75) is 25.7 Å². The van der Waals surface area contributed by atoms with E-state index in [2.05, 4.69) is 29.1 Å². The lowest BCUT2D eigenvalue weighted by atomic mass is 9.84. The Morgan fingerprint density at radius 1 is 1.28 bits per heavy atom. The van der Waals surface area contributed by atoms with Gasteiger partial charge in [-0.05, 0) is 30.7 Å². The van der Waals surface area contributed by atoms with E-state index in [-0.39, 0.29) is 5.41 Å². The van der Waals surface area contributed by atoms with Crippen molar-refractivity contribution < 1.29 is 4.74 Å². The molecule has 0 atom stereocenters. The van der Waals surface area contributed by atoms with Gasteiger partial charge in [-0.25, -0.2) is 0 Å². The van der Waals surface area contributed by atoms with E-state index in [0.29, 0.717) is 22.5 Å². The molecule has 25 heavy (non-hydrogen) atoms. The maximum Gasteiger partial charge on any atom is 0.188 e. The molecule has 1 heterocycles. The SMILES string of the molecule is CC(C)(CN=C(N)NCCCN1CCOCC1)c1c(Cl)cccc1Cl. The summed E-state index contributed by atoms with van der Waals surface area (Å²) < 4.78 is 5.35. The predicted octanol–water partition coefficient (Wildman–Crippen LogP) is 2.90. The molecule has 1 aliphatic rings.